The molecule has 1 N–H and O–H groups in total. The standard InChI is InChI=1S/C22H24N2O5S3/c1-3-20-8-11-22(30-20)31(25,26)23-18-5-4-16-12-13-24(15-17(16)14-18)32(27,28)21-9-6-19(29-2)7-10-21/h4-11,14,23H,3,12-13,15H2,1-2H3. The quantitative estimate of drug-likeness (QED) is 0.541. The van der Waals surface area contributed by atoms with Crippen LogP contribution in [0.15, 0.2) is 63.7 Å². The number of aryl methyl sites for hydroxylation is 1. The van der Waals surface area contributed by atoms with Crippen molar-refractivity contribution in [2.45, 2.75) is 35.4 Å². The van der Waals surface area contributed by atoms with E-state index in [1.54, 1.807) is 30.3 Å². The molecule has 3 aromatic rings. The molecule has 1 aromatic heterocycles. The number of nitrogens with zero attached hydrogens (tertiary/aromatic N) is 1. The van der Waals surface area contributed by atoms with E-state index in [0.29, 0.717) is 24.4 Å². The first-order chi connectivity index (χ1) is 15.2. The predicted octanol–water partition coefficient (Wildman–Crippen LogP) is 3.87. The first kappa shape index (κ1) is 22.8. The number of sulfonamides is 2. The van der Waals surface area contributed by atoms with Gasteiger partial charge in [-0.05, 0) is 72.5 Å². The summed E-state index contributed by atoms with van der Waals surface area (Å²) in [7, 11) is -5.85. The Kier molecular flexibility index (Phi) is 6.30. The molecule has 0 unspecified atom stereocenters. The SMILES string of the molecule is CCc1ccc(S(=O)(=O)Nc2ccc3c(c2)CN(S(=O)(=O)c2ccc(OC)cc2)CC3)s1. The summed E-state index contributed by atoms with van der Waals surface area (Å²) >= 11 is 1.24. The summed E-state index contributed by atoms with van der Waals surface area (Å²) in [6.07, 6.45) is 1.33. The van der Waals surface area contributed by atoms with Crippen molar-refractivity contribution in [3.8, 4) is 5.75 Å². The van der Waals surface area contributed by atoms with Gasteiger partial charge in [0.2, 0.25) is 10.0 Å². The van der Waals surface area contributed by atoms with Crippen LogP contribution in [0.25, 0.3) is 0 Å². The van der Waals surface area contributed by atoms with E-state index in [1.807, 2.05) is 19.1 Å². The van der Waals surface area contributed by atoms with Gasteiger partial charge in [0.1, 0.15) is 9.96 Å². The Morgan fingerprint density at radius 3 is 2.41 bits per heavy atom. The van der Waals surface area contributed by atoms with Crippen LogP contribution < -0.4 is 9.46 Å². The summed E-state index contributed by atoms with van der Waals surface area (Å²) in [5.74, 6) is 0.585. The second-order valence-electron chi connectivity index (χ2n) is 7.43. The molecular formula is C22H24N2O5S3. The summed E-state index contributed by atoms with van der Waals surface area (Å²) in [5, 5.41) is 0. The zero-order valence-corrected chi connectivity index (χ0v) is 20.2. The van der Waals surface area contributed by atoms with E-state index in [-0.39, 0.29) is 15.6 Å². The third kappa shape index (κ3) is 4.54. The number of fused-ring (bicyclic) bond motifs is 1. The largest absolute Gasteiger partial charge is 0.497 e. The van der Waals surface area contributed by atoms with Gasteiger partial charge in [0.05, 0.1) is 12.0 Å². The molecular weight excluding hydrogens is 468 g/mol. The van der Waals surface area contributed by atoms with E-state index in [0.717, 1.165) is 22.4 Å². The van der Waals surface area contributed by atoms with Crippen molar-refractivity contribution in [1.29, 1.82) is 0 Å². The maximum atomic E-state index is 13.1. The Morgan fingerprint density at radius 2 is 1.75 bits per heavy atom. The van der Waals surface area contributed by atoms with Crippen LogP contribution in [0.1, 0.15) is 22.9 Å². The van der Waals surface area contributed by atoms with Gasteiger partial charge in [-0.2, -0.15) is 4.31 Å². The molecule has 10 heteroatoms. The lowest BCUT2D eigenvalue weighted by molar-refractivity contribution is 0.391. The highest BCUT2D eigenvalue weighted by Crippen LogP contribution is 2.29. The fourth-order valence-corrected chi connectivity index (χ4v) is 7.36. The first-order valence-electron chi connectivity index (χ1n) is 10.1. The second-order valence-corrected chi connectivity index (χ2v) is 12.4. The molecule has 1 aliphatic rings. The highest BCUT2D eigenvalue weighted by Gasteiger charge is 2.29. The zero-order chi connectivity index (χ0) is 22.9. The lowest BCUT2D eigenvalue weighted by Crippen LogP contribution is -2.36. The molecule has 0 fully saturated rings. The predicted molar refractivity (Wildman–Crippen MR) is 125 cm³/mol. The summed E-state index contributed by atoms with van der Waals surface area (Å²) in [6, 6.07) is 15.0. The number of nitrogens with one attached hydrogen (secondary N) is 1. The number of rotatable bonds is 7. The normalized spacial score (nSPS) is 14.7. The average Bonchev–Trinajstić information content (AvgIpc) is 3.29. The van der Waals surface area contributed by atoms with E-state index in [2.05, 4.69) is 4.72 Å². The Hall–Kier alpha value is -2.40. The molecule has 0 amide bonds. The minimum absolute atomic E-state index is 0.179. The van der Waals surface area contributed by atoms with Crippen LogP contribution in [0.2, 0.25) is 0 Å². The number of benzene rings is 2. The van der Waals surface area contributed by atoms with Crippen LogP contribution in [0.5, 0.6) is 5.75 Å². The van der Waals surface area contributed by atoms with Gasteiger partial charge in [-0.15, -0.1) is 11.3 Å². The van der Waals surface area contributed by atoms with Gasteiger partial charge >= 0.3 is 0 Å². The summed E-state index contributed by atoms with van der Waals surface area (Å²) < 4.78 is 61.1. The number of thiophene rings is 1. The van der Waals surface area contributed by atoms with Gasteiger partial charge in [0, 0.05) is 23.7 Å². The highest BCUT2D eigenvalue weighted by atomic mass is 32.2. The Labute approximate surface area is 192 Å². The number of ether oxygens (including phenoxy) is 1. The third-order valence-electron chi connectivity index (χ3n) is 5.38. The molecule has 0 spiro atoms. The van der Waals surface area contributed by atoms with Crippen LogP contribution in [0, 0.1) is 0 Å². The van der Waals surface area contributed by atoms with Crippen LogP contribution in [-0.2, 0) is 39.4 Å². The van der Waals surface area contributed by atoms with Crippen LogP contribution in [0.3, 0.4) is 0 Å². The maximum absolute atomic E-state index is 13.1. The first-order valence-corrected chi connectivity index (χ1v) is 13.8. The molecule has 0 atom stereocenters. The minimum Gasteiger partial charge on any atom is -0.497 e. The van der Waals surface area contributed by atoms with Crippen molar-refractivity contribution in [3.05, 3.63) is 70.6 Å². The van der Waals surface area contributed by atoms with Crippen molar-refractivity contribution in [2.24, 2.45) is 0 Å². The van der Waals surface area contributed by atoms with Crippen LogP contribution in [-0.4, -0.2) is 34.8 Å². The molecule has 2 heterocycles. The smallest absolute Gasteiger partial charge is 0.271 e. The van der Waals surface area contributed by atoms with Crippen molar-refractivity contribution in [2.75, 3.05) is 18.4 Å². The van der Waals surface area contributed by atoms with Gasteiger partial charge < -0.3 is 4.74 Å². The third-order valence-corrected chi connectivity index (χ3v) is 10.3. The lowest BCUT2D eigenvalue weighted by atomic mass is 10.0. The Bertz CT molecular complexity index is 1330. The van der Waals surface area contributed by atoms with E-state index in [9.17, 15) is 16.8 Å². The second kappa shape index (κ2) is 8.86. The maximum Gasteiger partial charge on any atom is 0.271 e. The molecule has 0 bridgehead atoms. The molecule has 2 aromatic carbocycles. The summed E-state index contributed by atoms with van der Waals surface area (Å²) in [4.78, 5) is 1.19. The highest BCUT2D eigenvalue weighted by molar-refractivity contribution is 7.94. The fourth-order valence-electron chi connectivity index (χ4n) is 3.59. The molecule has 0 aliphatic carbocycles. The van der Waals surface area contributed by atoms with Gasteiger partial charge in [-0.3, -0.25) is 4.72 Å². The number of hydrogen-bond acceptors (Lipinski definition) is 6. The van der Waals surface area contributed by atoms with Gasteiger partial charge in [-0.1, -0.05) is 13.0 Å². The zero-order valence-electron chi connectivity index (χ0n) is 17.7. The van der Waals surface area contributed by atoms with E-state index < -0.39 is 20.0 Å². The molecule has 0 saturated carbocycles. The van der Waals surface area contributed by atoms with E-state index >= 15 is 0 Å². The molecule has 170 valence electrons. The summed E-state index contributed by atoms with van der Waals surface area (Å²) in [6.45, 7) is 2.52. The fraction of sp³-hybridized carbons (Fsp3) is 0.273. The van der Waals surface area contributed by atoms with Crippen LogP contribution >= 0.6 is 11.3 Å². The molecule has 32 heavy (non-hydrogen) atoms. The number of anilines is 1. The average molecular weight is 493 g/mol. The lowest BCUT2D eigenvalue weighted by Gasteiger charge is -2.28. The number of hydrogen-bond donors (Lipinski definition) is 1. The van der Waals surface area contributed by atoms with Crippen molar-refractivity contribution >= 4 is 37.1 Å². The van der Waals surface area contributed by atoms with Gasteiger partial charge in [0.15, 0.2) is 0 Å². The number of methoxy groups -OCH3 is 1. The molecule has 0 radical (unpaired) electrons. The topological polar surface area (TPSA) is 92.8 Å². The van der Waals surface area contributed by atoms with E-state index in [4.69, 9.17) is 4.74 Å². The molecule has 1 aliphatic heterocycles. The van der Waals surface area contributed by atoms with Gasteiger partial charge in [-0.25, -0.2) is 16.8 Å². The van der Waals surface area contributed by atoms with Crippen molar-refractivity contribution in [3.63, 3.8) is 0 Å². The summed E-state index contributed by atoms with van der Waals surface area (Å²) in [5.41, 5.74) is 2.21. The van der Waals surface area contributed by atoms with Gasteiger partial charge in [0.25, 0.3) is 10.0 Å². The van der Waals surface area contributed by atoms with Crippen molar-refractivity contribution < 1.29 is 21.6 Å². The molecule has 4 rings (SSSR count). The Balaban J connectivity index is 1.56. The molecule has 7 nitrogen and oxygen atoms in total. The Morgan fingerprint density at radius 1 is 1.00 bits per heavy atom. The van der Waals surface area contributed by atoms with E-state index in [1.165, 1.54) is 34.9 Å². The monoisotopic (exact) mass is 492 g/mol. The van der Waals surface area contributed by atoms with Crippen LogP contribution in [0.4, 0.5) is 5.69 Å². The molecule has 0 saturated heterocycles. The minimum atomic E-state index is -3.70. The van der Waals surface area contributed by atoms with Crippen molar-refractivity contribution in [1.82, 2.24) is 4.31 Å².